The molecule has 1 aliphatic rings. The Morgan fingerprint density at radius 2 is 2.11 bits per heavy atom. The Kier molecular flexibility index (Phi) is 3.08. The van der Waals surface area contributed by atoms with E-state index in [1.165, 1.54) is 16.9 Å². The first-order valence-corrected chi connectivity index (χ1v) is 7.06. The van der Waals surface area contributed by atoms with E-state index in [4.69, 9.17) is 5.73 Å². The molecule has 5 heteroatoms. The average Bonchev–Trinajstić information content (AvgIpc) is 3.02. The van der Waals surface area contributed by atoms with Gasteiger partial charge in [-0.25, -0.2) is 4.98 Å². The van der Waals surface area contributed by atoms with Crippen LogP contribution in [-0.4, -0.2) is 16.4 Å². The fraction of sp³-hybridized carbons (Fsp3) is 0.286. The molecule has 0 bridgehead atoms. The first-order valence-electron chi connectivity index (χ1n) is 6.25. The van der Waals surface area contributed by atoms with Gasteiger partial charge in [0.2, 0.25) is 5.91 Å². The lowest BCUT2D eigenvalue weighted by Crippen LogP contribution is -2.37. The quantitative estimate of drug-likeness (QED) is 0.897. The van der Waals surface area contributed by atoms with E-state index in [-0.39, 0.29) is 5.91 Å². The van der Waals surface area contributed by atoms with Crippen LogP contribution in [0.4, 0.5) is 5.13 Å². The molecule has 19 heavy (non-hydrogen) atoms. The molecular weight excluding hydrogens is 258 g/mol. The van der Waals surface area contributed by atoms with Gasteiger partial charge in [-0.05, 0) is 18.4 Å². The maximum Gasteiger partial charge on any atom is 0.246 e. The third kappa shape index (κ3) is 2.83. The zero-order chi connectivity index (χ0) is 13.3. The molecular formula is C14H15N3OS. The lowest BCUT2D eigenvalue weighted by molar-refractivity contribution is -0.118. The minimum atomic E-state index is -0.648. The van der Waals surface area contributed by atoms with Gasteiger partial charge in [0, 0.05) is 17.5 Å². The van der Waals surface area contributed by atoms with Crippen LogP contribution in [0.5, 0.6) is 0 Å². The molecule has 1 aliphatic carbocycles. The summed E-state index contributed by atoms with van der Waals surface area (Å²) in [5, 5.41) is 3.43. The minimum absolute atomic E-state index is 0.117. The molecule has 98 valence electrons. The van der Waals surface area contributed by atoms with E-state index >= 15 is 0 Å². The molecule has 1 amide bonds. The van der Waals surface area contributed by atoms with Gasteiger partial charge < -0.3 is 11.1 Å². The van der Waals surface area contributed by atoms with Crippen LogP contribution < -0.4 is 11.1 Å². The van der Waals surface area contributed by atoms with Crippen LogP contribution >= 0.6 is 11.3 Å². The fourth-order valence-electron chi connectivity index (χ4n) is 1.83. The number of hydrogen-bond donors (Lipinski definition) is 2. The molecule has 4 nitrogen and oxygen atoms in total. The third-order valence-corrected chi connectivity index (χ3v) is 4.15. The molecule has 0 saturated heterocycles. The second-order valence-electron chi connectivity index (χ2n) is 4.90. The largest absolute Gasteiger partial charge is 0.317 e. The second-order valence-corrected chi connectivity index (χ2v) is 6.02. The average molecular weight is 273 g/mol. The monoisotopic (exact) mass is 273 g/mol. The van der Waals surface area contributed by atoms with Crippen molar-refractivity contribution < 1.29 is 4.79 Å². The summed E-state index contributed by atoms with van der Waals surface area (Å²) in [7, 11) is 0. The predicted octanol–water partition coefficient (Wildman–Crippen LogP) is 2.16. The van der Waals surface area contributed by atoms with Gasteiger partial charge in [-0.15, -0.1) is 11.3 Å². The summed E-state index contributed by atoms with van der Waals surface area (Å²) in [5.74, 6) is -0.117. The van der Waals surface area contributed by atoms with Gasteiger partial charge in [-0.1, -0.05) is 30.3 Å². The molecule has 1 heterocycles. The molecule has 1 aromatic carbocycles. The standard InChI is InChI=1S/C14H15N3OS/c15-14(6-7-14)12(18)17-13-16-9-11(19-13)8-10-4-2-1-3-5-10/h1-5,9H,6-8,15H2,(H,16,17,18). The molecule has 2 aromatic rings. The highest BCUT2D eigenvalue weighted by atomic mass is 32.1. The van der Waals surface area contributed by atoms with Crippen molar-refractivity contribution in [3.05, 3.63) is 47.0 Å². The topological polar surface area (TPSA) is 68.0 Å². The molecule has 1 saturated carbocycles. The van der Waals surface area contributed by atoms with E-state index in [9.17, 15) is 4.79 Å². The summed E-state index contributed by atoms with van der Waals surface area (Å²) < 4.78 is 0. The van der Waals surface area contributed by atoms with Crippen molar-refractivity contribution in [2.75, 3.05) is 5.32 Å². The Bertz CT molecular complexity index is 590. The number of benzene rings is 1. The zero-order valence-corrected chi connectivity index (χ0v) is 11.2. The molecule has 3 N–H and O–H groups in total. The zero-order valence-electron chi connectivity index (χ0n) is 10.4. The number of carbonyl (C=O) groups excluding carboxylic acids is 1. The summed E-state index contributed by atoms with van der Waals surface area (Å²) in [6.45, 7) is 0. The van der Waals surface area contributed by atoms with E-state index in [1.807, 2.05) is 24.4 Å². The maximum atomic E-state index is 11.8. The van der Waals surface area contributed by atoms with Gasteiger partial charge in [0.25, 0.3) is 0 Å². The van der Waals surface area contributed by atoms with Crippen molar-refractivity contribution in [3.63, 3.8) is 0 Å². The Morgan fingerprint density at radius 1 is 1.37 bits per heavy atom. The van der Waals surface area contributed by atoms with E-state index in [0.717, 1.165) is 24.1 Å². The SMILES string of the molecule is NC1(C(=O)Nc2ncc(Cc3ccccc3)s2)CC1. The molecule has 0 unspecified atom stereocenters. The van der Waals surface area contributed by atoms with Gasteiger partial charge >= 0.3 is 0 Å². The van der Waals surface area contributed by atoms with Crippen LogP contribution in [0.2, 0.25) is 0 Å². The highest BCUT2D eigenvalue weighted by Crippen LogP contribution is 2.33. The van der Waals surface area contributed by atoms with Crippen LogP contribution in [0.3, 0.4) is 0 Å². The Balaban J connectivity index is 1.65. The van der Waals surface area contributed by atoms with Crippen molar-refractivity contribution in [1.29, 1.82) is 0 Å². The molecule has 0 atom stereocenters. The number of thiazole rings is 1. The van der Waals surface area contributed by atoms with Crippen molar-refractivity contribution in [2.24, 2.45) is 5.73 Å². The first kappa shape index (κ1) is 12.3. The molecule has 0 spiro atoms. The van der Waals surface area contributed by atoms with E-state index < -0.39 is 5.54 Å². The smallest absolute Gasteiger partial charge is 0.246 e. The number of nitrogens with one attached hydrogen (secondary N) is 1. The molecule has 1 aromatic heterocycles. The molecule has 0 aliphatic heterocycles. The van der Waals surface area contributed by atoms with Crippen LogP contribution in [0.1, 0.15) is 23.3 Å². The molecule has 0 radical (unpaired) electrons. The second kappa shape index (κ2) is 4.75. The van der Waals surface area contributed by atoms with E-state index in [0.29, 0.717) is 5.13 Å². The lowest BCUT2D eigenvalue weighted by atomic mass is 10.1. The number of aromatic nitrogens is 1. The predicted molar refractivity (Wildman–Crippen MR) is 76.1 cm³/mol. The number of anilines is 1. The summed E-state index contributed by atoms with van der Waals surface area (Å²) in [6, 6.07) is 10.2. The lowest BCUT2D eigenvalue weighted by Gasteiger charge is -2.06. The summed E-state index contributed by atoms with van der Waals surface area (Å²) >= 11 is 1.50. The van der Waals surface area contributed by atoms with Crippen molar-refractivity contribution >= 4 is 22.4 Å². The van der Waals surface area contributed by atoms with Crippen LogP contribution in [0.25, 0.3) is 0 Å². The molecule has 1 fully saturated rings. The van der Waals surface area contributed by atoms with Gasteiger partial charge in [0.05, 0.1) is 5.54 Å². The summed E-state index contributed by atoms with van der Waals surface area (Å²) in [4.78, 5) is 17.1. The Hall–Kier alpha value is -1.72. The molecule has 3 rings (SSSR count). The first-order chi connectivity index (χ1) is 9.16. The normalized spacial score (nSPS) is 16.1. The van der Waals surface area contributed by atoms with E-state index in [1.54, 1.807) is 0 Å². The minimum Gasteiger partial charge on any atom is -0.317 e. The van der Waals surface area contributed by atoms with E-state index in [2.05, 4.69) is 22.4 Å². The summed E-state index contributed by atoms with van der Waals surface area (Å²) in [5.41, 5.74) is 6.42. The Labute approximate surface area is 115 Å². The van der Waals surface area contributed by atoms with Gasteiger partial charge in [0.15, 0.2) is 5.13 Å². The van der Waals surface area contributed by atoms with Crippen molar-refractivity contribution in [3.8, 4) is 0 Å². The fourth-order valence-corrected chi connectivity index (χ4v) is 2.67. The van der Waals surface area contributed by atoms with Crippen LogP contribution in [0, 0.1) is 0 Å². The van der Waals surface area contributed by atoms with Gasteiger partial charge in [-0.3, -0.25) is 4.79 Å². The number of hydrogen-bond acceptors (Lipinski definition) is 4. The Morgan fingerprint density at radius 3 is 2.79 bits per heavy atom. The van der Waals surface area contributed by atoms with Crippen molar-refractivity contribution in [1.82, 2.24) is 4.98 Å². The van der Waals surface area contributed by atoms with Gasteiger partial charge in [-0.2, -0.15) is 0 Å². The number of rotatable bonds is 4. The third-order valence-electron chi connectivity index (χ3n) is 3.24. The highest BCUT2D eigenvalue weighted by Gasteiger charge is 2.46. The van der Waals surface area contributed by atoms with Gasteiger partial charge in [0.1, 0.15) is 0 Å². The van der Waals surface area contributed by atoms with Crippen LogP contribution in [0.15, 0.2) is 36.5 Å². The van der Waals surface area contributed by atoms with Crippen molar-refractivity contribution in [2.45, 2.75) is 24.8 Å². The maximum absolute atomic E-state index is 11.8. The number of amides is 1. The summed E-state index contributed by atoms with van der Waals surface area (Å²) in [6.07, 6.45) is 4.17. The number of nitrogens with zero attached hydrogens (tertiary/aromatic N) is 1. The van der Waals surface area contributed by atoms with Crippen LogP contribution in [-0.2, 0) is 11.2 Å². The number of nitrogens with two attached hydrogens (primary N) is 1. The number of carbonyl (C=O) groups is 1. The highest BCUT2D eigenvalue weighted by molar-refractivity contribution is 7.15.